The number of ether oxygens (including phenoxy) is 2. The van der Waals surface area contributed by atoms with Crippen molar-refractivity contribution in [3.63, 3.8) is 0 Å². The Hall–Kier alpha value is -2.32. The van der Waals surface area contributed by atoms with Gasteiger partial charge in [0.25, 0.3) is 0 Å². The molecule has 4 atom stereocenters. The van der Waals surface area contributed by atoms with Crippen molar-refractivity contribution < 1.29 is 14.8 Å². The first-order valence-corrected chi connectivity index (χ1v) is 11.5. The first kappa shape index (κ1) is 19.6. The Bertz CT molecular complexity index is 937. The number of aryl methyl sites for hydroxylation is 1. The summed E-state index contributed by atoms with van der Waals surface area (Å²) >= 11 is 1.68. The van der Waals surface area contributed by atoms with Gasteiger partial charge < -0.3 is 20.1 Å². The van der Waals surface area contributed by atoms with Crippen molar-refractivity contribution in [1.29, 1.82) is 0 Å². The van der Waals surface area contributed by atoms with Gasteiger partial charge in [-0.25, -0.2) is 9.97 Å². The number of nitrogens with zero attached hydrogens (tertiary/aromatic N) is 2. The molecule has 2 fully saturated rings. The van der Waals surface area contributed by atoms with Gasteiger partial charge in [-0.15, -0.1) is 11.3 Å². The zero-order chi connectivity index (χ0) is 20.2. The third kappa shape index (κ3) is 4.39. The van der Waals surface area contributed by atoms with Gasteiger partial charge in [0.05, 0.1) is 29.8 Å². The predicted molar refractivity (Wildman–Crippen MR) is 118 cm³/mol. The fourth-order valence-electron chi connectivity index (χ4n) is 4.29. The standard InChI is InChI=1S/C23H26N4O2S/c1-2-6-16(7-3-1)8-4-11-24-18-14-28-22-19(15-29-21(18)22)27-23-25-12-10-17(26-23)20-9-5-13-30-20/h1-3,5-7,9-10,12-13,18-19,21-22,24H,4,8,11,14-15H2,(H,25,26,27)/p+1/t18-,19-,21+,22+/m0/s1. The number of aromatic nitrogens is 2. The Morgan fingerprint density at radius 3 is 2.80 bits per heavy atom. The van der Waals surface area contributed by atoms with Crippen LogP contribution in [0.3, 0.4) is 0 Å². The Morgan fingerprint density at radius 2 is 1.93 bits per heavy atom. The molecule has 2 aliphatic rings. The van der Waals surface area contributed by atoms with Gasteiger partial charge in [-0.1, -0.05) is 36.4 Å². The van der Waals surface area contributed by atoms with E-state index in [4.69, 9.17) is 9.47 Å². The summed E-state index contributed by atoms with van der Waals surface area (Å²) in [7, 11) is 0. The van der Waals surface area contributed by atoms with Gasteiger partial charge in [-0.2, -0.15) is 0 Å². The first-order valence-electron chi connectivity index (χ1n) is 10.6. The lowest BCUT2D eigenvalue weighted by molar-refractivity contribution is -0.693. The highest BCUT2D eigenvalue weighted by Crippen LogP contribution is 2.28. The maximum Gasteiger partial charge on any atom is 0.223 e. The summed E-state index contributed by atoms with van der Waals surface area (Å²) in [4.78, 5) is 10.2. The van der Waals surface area contributed by atoms with Crippen LogP contribution in [-0.2, 0) is 15.9 Å². The van der Waals surface area contributed by atoms with Crippen LogP contribution in [0.15, 0.2) is 60.1 Å². The molecule has 0 amide bonds. The van der Waals surface area contributed by atoms with Crippen LogP contribution in [-0.4, -0.2) is 54.0 Å². The van der Waals surface area contributed by atoms with Gasteiger partial charge in [0.1, 0.15) is 24.9 Å². The molecule has 0 saturated carbocycles. The van der Waals surface area contributed by atoms with Gasteiger partial charge in [0, 0.05) is 12.6 Å². The number of nitrogens with one attached hydrogen (secondary N) is 1. The fraction of sp³-hybridized carbons (Fsp3) is 0.391. The number of hydrogen-bond donors (Lipinski definition) is 2. The summed E-state index contributed by atoms with van der Waals surface area (Å²) in [5.41, 5.74) is 2.34. The van der Waals surface area contributed by atoms with E-state index in [9.17, 15) is 0 Å². The number of nitrogens with two attached hydrogens (primary N) is 1. The molecule has 0 spiro atoms. The maximum absolute atomic E-state index is 6.12. The minimum absolute atomic E-state index is 0.0503. The number of thiophene rings is 1. The van der Waals surface area contributed by atoms with E-state index < -0.39 is 0 Å². The molecule has 156 valence electrons. The minimum atomic E-state index is 0.0503. The average molecular weight is 424 g/mol. The average Bonchev–Trinajstić information content (AvgIpc) is 3.52. The van der Waals surface area contributed by atoms with Crippen LogP contribution >= 0.6 is 11.3 Å². The van der Waals surface area contributed by atoms with E-state index >= 15 is 0 Å². The molecule has 30 heavy (non-hydrogen) atoms. The van der Waals surface area contributed by atoms with E-state index in [2.05, 4.69) is 62.4 Å². The molecule has 6 nitrogen and oxygen atoms in total. The SMILES string of the molecule is c1ccc(CCC[NH2+][C@H]2CO[C@H]3[C@@H]2OC[C@@H]3Nc2nccc(-c3cccs3)n2)cc1. The summed E-state index contributed by atoms with van der Waals surface area (Å²) in [6, 6.07) is 17.2. The zero-order valence-electron chi connectivity index (χ0n) is 16.8. The minimum Gasteiger partial charge on any atom is -0.367 e. The molecule has 3 N–H and O–H groups in total. The van der Waals surface area contributed by atoms with E-state index in [1.54, 1.807) is 17.5 Å². The molecular formula is C23H27N4O2S+. The van der Waals surface area contributed by atoms with Crippen molar-refractivity contribution in [3.8, 4) is 10.6 Å². The van der Waals surface area contributed by atoms with Crippen LogP contribution in [0.1, 0.15) is 12.0 Å². The van der Waals surface area contributed by atoms with Crippen LogP contribution in [0.4, 0.5) is 5.95 Å². The summed E-state index contributed by atoms with van der Waals surface area (Å²) in [6.07, 6.45) is 4.25. The lowest BCUT2D eigenvalue weighted by Gasteiger charge is -2.17. The molecule has 5 rings (SSSR count). The molecule has 7 heteroatoms. The van der Waals surface area contributed by atoms with Crippen LogP contribution in [0, 0.1) is 0 Å². The van der Waals surface area contributed by atoms with Gasteiger partial charge in [0.2, 0.25) is 5.95 Å². The highest BCUT2D eigenvalue weighted by molar-refractivity contribution is 7.13. The molecule has 2 aromatic heterocycles. The smallest absolute Gasteiger partial charge is 0.223 e. The number of benzene rings is 1. The summed E-state index contributed by atoms with van der Waals surface area (Å²) < 4.78 is 12.2. The third-order valence-electron chi connectivity index (χ3n) is 5.82. The lowest BCUT2D eigenvalue weighted by atomic mass is 10.1. The Kier molecular flexibility index (Phi) is 6.03. The summed E-state index contributed by atoms with van der Waals surface area (Å²) in [5, 5.41) is 7.89. The molecule has 2 aliphatic heterocycles. The highest BCUT2D eigenvalue weighted by Gasteiger charge is 2.49. The van der Waals surface area contributed by atoms with Crippen molar-refractivity contribution in [2.24, 2.45) is 0 Å². The highest BCUT2D eigenvalue weighted by atomic mass is 32.1. The largest absolute Gasteiger partial charge is 0.367 e. The predicted octanol–water partition coefficient (Wildman–Crippen LogP) is 2.35. The molecule has 1 aromatic carbocycles. The second-order valence-corrected chi connectivity index (χ2v) is 8.81. The van der Waals surface area contributed by atoms with Crippen LogP contribution in [0.5, 0.6) is 0 Å². The quantitative estimate of drug-likeness (QED) is 0.544. The topological polar surface area (TPSA) is 72.9 Å². The van der Waals surface area contributed by atoms with Gasteiger partial charge in [-0.3, -0.25) is 0 Å². The number of quaternary nitrogens is 1. The van der Waals surface area contributed by atoms with Crippen molar-refractivity contribution in [3.05, 3.63) is 65.7 Å². The summed E-state index contributed by atoms with van der Waals surface area (Å²) in [6.45, 7) is 2.44. The van der Waals surface area contributed by atoms with Crippen LogP contribution < -0.4 is 10.6 Å². The monoisotopic (exact) mass is 423 g/mol. The normalized spacial score (nSPS) is 25.3. The first-order chi connectivity index (χ1) is 14.9. The van der Waals surface area contributed by atoms with E-state index in [1.807, 2.05) is 12.1 Å². The van der Waals surface area contributed by atoms with Crippen molar-refractivity contribution in [1.82, 2.24) is 9.97 Å². The molecule has 0 unspecified atom stereocenters. The molecule has 3 aromatic rings. The number of fused-ring (bicyclic) bond motifs is 1. The third-order valence-corrected chi connectivity index (χ3v) is 6.71. The number of anilines is 1. The van der Waals surface area contributed by atoms with Crippen molar-refractivity contribution in [2.75, 3.05) is 25.1 Å². The zero-order valence-corrected chi connectivity index (χ0v) is 17.6. The van der Waals surface area contributed by atoms with Crippen molar-refractivity contribution in [2.45, 2.75) is 37.1 Å². The Labute approximate surface area is 180 Å². The second-order valence-electron chi connectivity index (χ2n) is 7.87. The molecule has 0 aliphatic carbocycles. The second kappa shape index (κ2) is 9.22. The van der Waals surface area contributed by atoms with E-state index in [0.29, 0.717) is 18.6 Å². The molecule has 2 saturated heterocycles. The van der Waals surface area contributed by atoms with E-state index in [1.165, 1.54) is 5.56 Å². The summed E-state index contributed by atoms with van der Waals surface area (Å²) in [5.74, 6) is 0.633. The maximum atomic E-state index is 6.12. The lowest BCUT2D eigenvalue weighted by Crippen LogP contribution is -2.92. The molecule has 0 bridgehead atoms. The fourth-order valence-corrected chi connectivity index (χ4v) is 4.99. The van der Waals surface area contributed by atoms with Gasteiger partial charge in [-0.05, 0) is 29.5 Å². The van der Waals surface area contributed by atoms with Gasteiger partial charge >= 0.3 is 0 Å². The molecular weight excluding hydrogens is 396 g/mol. The Balaban J connectivity index is 1.13. The van der Waals surface area contributed by atoms with Crippen LogP contribution in [0.2, 0.25) is 0 Å². The van der Waals surface area contributed by atoms with Crippen molar-refractivity contribution >= 4 is 17.3 Å². The van der Waals surface area contributed by atoms with Crippen LogP contribution in [0.25, 0.3) is 10.6 Å². The van der Waals surface area contributed by atoms with Gasteiger partial charge in [0.15, 0.2) is 0 Å². The molecule has 4 heterocycles. The number of rotatable bonds is 8. The molecule has 0 radical (unpaired) electrons. The van der Waals surface area contributed by atoms with E-state index in [0.717, 1.165) is 36.6 Å². The number of hydrogen-bond acceptors (Lipinski definition) is 6. The van der Waals surface area contributed by atoms with E-state index in [-0.39, 0.29) is 18.2 Å². The Morgan fingerprint density at radius 1 is 1.03 bits per heavy atom.